The van der Waals surface area contributed by atoms with E-state index >= 15 is 0 Å². The van der Waals surface area contributed by atoms with Crippen molar-refractivity contribution in [3.63, 3.8) is 0 Å². The first-order valence-electron chi connectivity index (χ1n) is 13.1. The maximum absolute atomic E-state index is 14.5. The highest BCUT2D eigenvalue weighted by Crippen LogP contribution is 2.47. The zero-order valence-electron chi connectivity index (χ0n) is 21.2. The Morgan fingerprint density at radius 1 is 1.03 bits per heavy atom. The molecule has 3 aliphatic rings. The predicted octanol–water partition coefficient (Wildman–Crippen LogP) is 5.13. The molecule has 2 aliphatic carbocycles. The third kappa shape index (κ3) is 5.44. The Morgan fingerprint density at radius 3 is 2.29 bits per heavy atom. The van der Waals surface area contributed by atoms with Crippen LogP contribution in [-0.4, -0.2) is 41.1 Å². The third-order valence-corrected chi connectivity index (χ3v) is 8.35. The van der Waals surface area contributed by atoms with E-state index in [1.807, 2.05) is 20.8 Å². The van der Waals surface area contributed by atoms with Crippen molar-refractivity contribution in [1.29, 1.82) is 0 Å². The maximum Gasteiger partial charge on any atom is 0.227 e. The van der Waals surface area contributed by atoms with Gasteiger partial charge in [-0.2, -0.15) is 0 Å². The van der Waals surface area contributed by atoms with Crippen LogP contribution in [0.4, 0.5) is 8.78 Å². The van der Waals surface area contributed by atoms with Gasteiger partial charge in [-0.3, -0.25) is 14.4 Å². The average Bonchev–Trinajstić information content (AvgIpc) is 3.19. The molecule has 4 rings (SSSR count). The quantitative estimate of drug-likeness (QED) is 0.639. The van der Waals surface area contributed by atoms with E-state index in [9.17, 15) is 23.2 Å². The lowest BCUT2D eigenvalue weighted by atomic mass is 9.63. The van der Waals surface area contributed by atoms with Crippen molar-refractivity contribution in [2.24, 2.45) is 17.3 Å². The summed E-state index contributed by atoms with van der Waals surface area (Å²) in [7, 11) is 0. The van der Waals surface area contributed by atoms with Crippen LogP contribution in [0.2, 0.25) is 0 Å². The molecular formula is C28H38F2N2O3. The molecule has 35 heavy (non-hydrogen) atoms. The molecule has 0 aromatic heterocycles. The highest BCUT2D eigenvalue weighted by atomic mass is 19.1. The summed E-state index contributed by atoms with van der Waals surface area (Å²) in [4.78, 5) is 41.2. The first-order chi connectivity index (χ1) is 16.5. The van der Waals surface area contributed by atoms with Gasteiger partial charge >= 0.3 is 0 Å². The Labute approximate surface area is 207 Å². The van der Waals surface area contributed by atoms with Gasteiger partial charge in [-0.1, -0.05) is 25.3 Å². The molecule has 7 heteroatoms. The van der Waals surface area contributed by atoms with E-state index < -0.39 is 28.9 Å². The van der Waals surface area contributed by atoms with Gasteiger partial charge in [0.15, 0.2) is 0 Å². The Hall–Kier alpha value is -2.31. The van der Waals surface area contributed by atoms with Gasteiger partial charge in [-0.25, -0.2) is 8.78 Å². The summed E-state index contributed by atoms with van der Waals surface area (Å²) < 4.78 is 28.0. The minimum atomic E-state index is -0.712. The number of hydrogen-bond acceptors (Lipinski definition) is 3. The second kappa shape index (κ2) is 9.98. The molecule has 1 aromatic rings. The maximum atomic E-state index is 14.5. The van der Waals surface area contributed by atoms with Crippen LogP contribution in [0.5, 0.6) is 0 Å². The molecule has 1 aliphatic heterocycles. The zero-order chi connectivity index (χ0) is 25.4. The number of hydrogen-bond donors (Lipinski definition) is 1. The first kappa shape index (κ1) is 25.8. The standard InChI is InChI=1S/C28H38F2N2O3/c1-27(2,3)31-26(35)28(18-7-5-4-6-8-18)11-13-32(14-12-28)25(34)23-17-20(33)16-22(23)21-10-9-19(29)15-24(21)30/h9-10,15,18,22-23H,4-8,11-14,16-17H2,1-3H3,(H,31,35)/t22-,23+/m0/s1. The van der Waals surface area contributed by atoms with Crippen LogP contribution in [0.1, 0.15) is 90.0 Å². The fraction of sp³-hybridized carbons (Fsp3) is 0.679. The SMILES string of the molecule is CC(C)(C)NC(=O)C1(C2CCCCC2)CCN(C(=O)[C@@H]2CC(=O)C[C@H]2c2ccc(F)cc2F)CC1. The number of halogens is 2. The van der Waals surface area contributed by atoms with Crippen LogP contribution < -0.4 is 5.32 Å². The van der Waals surface area contributed by atoms with E-state index in [-0.39, 0.29) is 41.5 Å². The van der Waals surface area contributed by atoms with Gasteiger partial charge < -0.3 is 10.2 Å². The van der Waals surface area contributed by atoms with E-state index in [0.29, 0.717) is 31.8 Å². The van der Waals surface area contributed by atoms with Gasteiger partial charge in [-0.15, -0.1) is 0 Å². The lowest BCUT2D eigenvalue weighted by molar-refractivity contribution is -0.148. The molecule has 192 valence electrons. The number of nitrogens with one attached hydrogen (secondary N) is 1. The number of benzene rings is 1. The Kier molecular flexibility index (Phi) is 7.35. The van der Waals surface area contributed by atoms with Crippen LogP contribution in [0.15, 0.2) is 18.2 Å². The second-order valence-electron chi connectivity index (χ2n) is 11.8. The van der Waals surface area contributed by atoms with Crippen molar-refractivity contribution in [2.75, 3.05) is 13.1 Å². The van der Waals surface area contributed by atoms with E-state index in [1.165, 1.54) is 18.6 Å². The number of amides is 2. The number of rotatable bonds is 4. The van der Waals surface area contributed by atoms with E-state index in [1.54, 1.807) is 4.90 Å². The van der Waals surface area contributed by atoms with Gasteiger partial charge in [0.25, 0.3) is 0 Å². The highest BCUT2D eigenvalue weighted by Gasteiger charge is 2.50. The molecule has 1 saturated heterocycles. The lowest BCUT2D eigenvalue weighted by Gasteiger charge is -2.48. The molecule has 1 heterocycles. The Morgan fingerprint density at radius 2 is 1.69 bits per heavy atom. The summed E-state index contributed by atoms with van der Waals surface area (Å²) >= 11 is 0. The van der Waals surface area contributed by atoms with E-state index in [4.69, 9.17) is 0 Å². The second-order valence-corrected chi connectivity index (χ2v) is 11.8. The summed E-state index contributed by atoms with van der Waals surface area (Å²) in [5.74, 6) is -2.44. The fourth-order valence-electron chi connectivity index (χ4n) is 6.55. The molecule has 2 saturated carbocycles. The molecular weight excluding hydrogens is 450 g/mol. The number of carbonyl (C=O) groups excluding carboxylic acids is 3. The summed E-state index contributed by atoms with van der Waals surface area (Å²) in [5.41, 5.74) is -0.588. The van der Waals surface area contributed by atoms with Gasteiger partial charge in [0, 0.05) is 43.5 Å². The molecule has 3 fully saturated rings. The van der Waals surface area contributed by atoms with Crippen molar-refractivity contribution in [1.82, 2.24) is 10.2 Å². The minimum absolute atomic E-state index is 0.0739. The van der Waals surface area contributed by atoms with Crippen LogP contribution in [0.25, 0.3) is 0 Å². The van der Waals surface area contributed by atoms with Gasteiger partial charge in [0.05, 0.1) is 11.3 Å². The number of carbonyl (C=O) groups is 3. The van der Waals surface area contributed by atoms with Crippen LogP contribution in [-0.2, 0) is 14.4 Å². The van der Waals surface area contributed by atoms with E-state index in [0.717, 1.165) is 31.7 Å². The van der Waals surface area contributed by atoms with Crippen LogP contribution >= 0.6 is 0 Å². The number of Topliss-reactive ketones (excluding diaryl/α,β-unsaturated/α-hetero) is 1. The van der Waals surface area contributed by atoms with Crippen molar-refractivity contribution >= 4 is 17.6 Å². The molecule has 2 amide bonds. The number of likely N-dealkylation sites (tertiary alicyclic amines) is 1. The summed E-state index contributed by atoms with van der Waals surface area (Å²) in [6, 6.07) is 3.35. The van der Waals surface area contributed by atoms with Gasteiger partial charge in [-0.05, 0) is 64.0 Å². The summed E-state index contributed by atoms with van der Waals surface area (Å²) in [6.07, 6.45) is 6.91. The highest BCUT2D eigenvalue weighted by molar-refractivity contribution is 5.92. The van der Waals surface area contributed by atoms with Crippen molar-refractivity contribution < 1.29 is 23.2 Å². The average molecular weight is 489 g/mol. The first-order valence-corrected chi connectivity index (χ1v) is 13.1. The van der Waals surface area contributed by atoms with Gasteiger partial charge in [0.2, 0.25) is 11.8 Å². The summed E-state index contributed by atoms with van der Waals surface area (Å²) in [6.45, 7) is 6.88. The lowest BCUT2D eigenvalue weighted by Crippen LogP contribution is -2.57. The normalized spacial score (nSPS) is 25.5. The van der Waals surface area contributed by atoms with Crippen molar-refractivity contribution in [3.05, 3.63) is 35.4 Å². The van der Waals surface area contributed by atoms with Crippen LogP contribution in [0, 0.1) is 28.9 Å². The number of piperidine rings is 1. The molecule has 0 unspecified atom stereocenters. The number of ketones is 1. The van der Waals surface area contributed by atoms with Crippen LogP contribution in [0.3, 0.4) is 0 Å². The Bertz CT molecular complexity index is 973. The van der Waals surface area contributed by atoms with Crippen molar-refractivity contribution in [3.8, 4) is 0 Å². The number of nitrogens with zero attached hydrogens (tertiary/aromatic N) is 1. The largest absolute Gasteiger partial charge is 0.351 e. The molecule has 0 radical (unpaired) electrons. The smallest absolute Gasteiger partial charge is 0.227 e. The van der Waals surface area contributed by atoms with Crippen molar-refractivity contribution in [2.45, 2.75) is 90.0 Å². The van der Waals surface area contributed by atoms with Gasteiger partial charge in [0.1, 0.15) is 17.4 Å². The molecule has 0 spiro atoms. The monoisotopic (exact) mass is 488 g/mol. The van der Waals surface area contributed by atoms with E-state index in [2.05, 4.69) is 5.32 Å². The summed E-state index contributed by atoms with van der Waals surface area (Å²) in [5, 5.41) is 3.21. The zero-order valence-corrected chi connectivity index (χ0v) is 21.2. The topological polar surface area (TPSA) is 66.5 Å². The molecule has 5 nitrogen and oxygen atoms in total. The molecule has 0 bridgehead atoms. The molecule has 2 atom stereocenters. The Balaban J connectivity index is 1.51. The molecule has 1 aromatic carbocycles. The predicted molar refractivity (Wildman–Crippen MR) is 130 cm³/mol. The molecule has 1 N–H and O–H groups in total. The fourth-order valence-corrected chi connectivity index (χ4v) is 6.55. The minimum Gasteiger partial charge on any atom is -0.351 e. The third-order valence-electron chi connectivity index (χ3n) is 8.35.